The summed E-state index contributed by atoms with van der Waals surface area (Å²) in [5.41, 5.74) is 2.66. The van der Waals surface area contributed by atoms with Crippen LogP contribution in [0.3, 0.4) is 0 Å². The first kappa shape index (κ1) is 11.9. The molecule has 1 heteroatoms. The Morgan fingerprint density at radius 3 is 2.15 bits per heavy atom. The van der Waals surface area contributed by atoms with Crippen molar-refractivity contribution in [3.8, 4) is 0 Å². The van der Waals surface area contributed by atoms with Gasteiger partial charge in [-0.25, -0.2) is 4.39 Å². The van der Waals surface area contributed by atoms with E-state index in [0.29, 0.717) is 5.56 Å². The molecular formula is C12H17F. The van der Waals surface area contributed by atoms with Crippen molar-refractivity contribution in [3.63, 3.8) is 0 Å². The summed E-state index contributed by atoms with van der Waals surface area (Å²) in [6, 6.07) is 3.25. The molecule has 0 nitrogen and oxygen atoms in total. The van der Waals surface area contributed by atoms with E-state index in [4.69, 9.17) is 0 Å². The summed E-state index contributed by atoms with van der Waals surface area (Å²) in [5, 5.41) is 0. The standard InChI is InChI=1S/C10H11F.C2H6/c1-4-9-7(2)5-6-10(11)8(9)3;1-2/h4-6H,1H2,2-3H3;1-2H3. The summed E-state index contributed by atoms with van der Waals surface area (Å²) in [6.45, 7) is 11.3. The normalized spacial score (nSPS) is 8.69. The van der Waals surface area contributed by atoms with E-state index in [1.165, 1.54) is 6.07 Å². The minimum Gasteiger partial charge on any atom is -0.207 e. The van der Waals surface area contributed by atoms with E-state index in [-0.39, 0.29) is 5.82 Å². The number of benzene rings is 1. The van der Waals surface area contributed by atoms with Crippen LogP contribution in [0.5, 0.6) is 0 Å². The maximum Gasteiger partial charge on any atom is 0.126 e. The zero-order valence-corrected chi connectivity index (χ0v) is 8.82. The summed E-state index contributed by atoms with van der Waals surface area (Å²) in [7, 11) is 0. The van der Waals surface area contributed by atoms with Gasteiger partial charge in [0.15, 0.2) is 0 Å². The molecule has 0 heterocycles. The van der Waals surface area contributed by atoms with E-state index in [1.807, 2.05) is 20.8 Å². The van der Waals surface area contributed by atoms with E-state index >= 15 is 0 Å². The maximum absolute atomic E-state index is 12.9. The predicted octanol–water partition coefficient (Wildman–Crippen LogP) is 4.11. The molecule has 0 saturated carbocycles. The summed E-state index contributed by atoms with van der Waals surface area (Å²) in [5.74, 6) is -0.162. The second kappa shape index (κ2) is 5.52. The Morgan fingerprint density at radius 1 is 1.23 bits per heavy atom. The smallest absolute Gasteiger partial charge is 0.126 e. The first-order valence-corrected chi connectivity index (χ1v) is 4.55. The molecule has 0 aliphatic heterocycles. The minimum absolute atomic E-state index is 0.162. The number of rotatable bonds is 1. The van der Waals surface area contributed by atoms with Crippen molar-refractivity contribution in [1.29, 1.82) is 0 Å². The topological polar surface area (TPSA) is 0 Å². The molecule has 0 radical (unpaired) electrons. The van der Waals surface area contributed by atoms with Gasteiger partial charge in [-0.05, 0) is 36.6 Å². The minimum atomic E-state index is -0.162. The van der Waals surface area contributed by atoms with Crippen LogP contribution in [0.4, 0.5) is 4.39 Å². The molecule has 0 aliphatic carbocycles. The summed E-state index contributed by atoms with van der Waals surface area (Å²) >= 11 is 0. The lowest BCUT2D eigenvalue weighted by Gasteiger charge is -2.04. The Bertz CT molecular complexity index is 287. The molecule has 13 heavy (non-hydrogen) atoms. The Kier molecular flexibility index (Phi) is 5.05. The number of hydrogen-bond donors (Lipinski definition) is 0. The van der Waals surface area contributed by atoms with Gasteiger partial charge in [-0.2, -0.15) is 0 Å². The molecule has 0 aromatic heterocycles. The first-order valence-electron chi connectivity index (χ1n) is 4.55. The van der Waals surface area contributed by atoms with Gasteiger partial charge in [-0.15, -0.1) is 0 Å². The molecule has 0 unspecified atom stereocenters. The van der Waals surface area contributed by atoms with Gasteiger partial charge in [0.2, 0.25) is 0 Å². The largest absolute Gasteiger partial charge is 0.207 e. The van der Waals surface area contributed by atoms with Gasteiger partial charge in [-0.1, -0.05) is 32.6 Å². The maximum atomic E-state index is 12.9. The molecule has 1 aromatic carbocycles. The highest BCUT2D eigenvalue weighted by Crippen LogP contribution is 2.17. The third kappa shape index (κ3) is 2.69. The van der Waals surface area contributed by atoms with Crippen LogP contribution < -0.4 is 0 Å². The zero-order valence-electron chi connectivity index (χ0n) is 8.82. The van der Waals surface area contributed by atoms with Gasteiger partial charge < -0.3 is 0 Å². The quantitative estimate of drug-likeness (QED) is 0.610. The van der Waals surface area contributed by atoms with E-state index in [0.717, 1.165) is 11.1 Å². The van der Waals surface area contributed by atoms with Crippen LogP contribution in [0.1, 0.15) is 30.5 Å². The molecule has 0 amide bonds. The molecule has 0 bridgehead atoms. The average molecular weight is 180 g/mol. The van der Waals surface area contributed by atoms with Gasteiger partial charge in [-0.3, -0.25) is 0 Å². The molecule has 0 fully saturated rings. The van der Waals surface area contributed by atoms with E-state index in [2.05, 4.69) is 6.58 Å². The lowest BCUT2D eigenvalue weighted by Crippen LogP contribution is -1.89. The highest BCUT2D eigenvalue weighted by Gasteiger charge is 2.02. The van der Waals surface area contributed by atoms with Crippen molar-refractivity contribution in [1.82, 2.24) is 0 Å². The van der Waals surface area contributed by atoms with Crippen LogP contribution in [0.2, 0.25) is 0 Å². The summed E-state index contributed by atoms with van der Waals surface area (Å²) < 4.78 is 12.9. The third-order valence-electron chi connectivity index (χ3n) is 1.87. The van der Waals surface area contributed by atoms with Gasteiger partial charge >= 0.3 is 0 Å². The Balaban J connectivity index is 0.000000671. The second-order valence-corrected chi connectivity index (χ2v) is 2.61. The highest BCUT2D eigenvalue weighted by atomic mass is 19.1. The molecule has 0 N–H and O–H groups in total. The van der Waals surface area contributed by atoms with Crippen LogP contribution >= 0.6 is 0 Å². The summed E-state index contributed by atoms with van der Waals surface area (Å²) in [4.78, 5) is 0. The van der Waals surface area contributed by atoms with E-state index in [1.54, 1.807) is 19.1 Å². The third-order valence-corrected chi connectivity index (χ3v) is 1.87. The monoisotopic (exact) mass is 180 g/mol. The molecule has 0 aliphatic rings. The van der Waals surface area contributed by atoms with Crippen molar-refractivity contribution in [2.75, 3.05) is 0 Å². The van der Waals surface area contributed by atoms with Crippen LogP contribution in [0.15, 0.2) is 18.7 Å². The second-order valence-electron chi connectivity index (χ2n) is 2.61. The van der Waals surface area contributed by atoms with Crippen molar-refractivity contribution in [2.24, 2.45) is 0 Å². The fraction of sp³-hybridized carbons (Fsp3) is 0.333. The van der Waals surface area contributed by atoms with E-state index < -0.39 is 0 Å². The van der Waals surface area contributed by atoms with Crippen LogP contribution in [0, 0.1) is 19.7 Å². The van der Waals surface area contributed by atoms with Gasteiger partial charge in [0.25, 0.3) is 0 Å². The molecule has 1 rings (SSSR count). The number of hydrogen-bond acceptors (Lipinski definition) is 0. The fourth-order valence-corrected chi connectivity index (χ4v) is 1.15. The highest BCUT2D eigenvalue weighted by molar-refractivity contribution is 5.55. The Morgan fingerprint density at radius 2 is 1.77 bits per heavy atom. The Hall–Kier alpha value is -1.11. The molecule has 0 saturated heterocycles. The molecule has 72 valence electrons. The fourth-order valence-electron chi connectivity index (χ4n) is 1.15. The van der Waals surface area contributed by atoms with Gasteiger partial charge in [0, 0.05) is 0 Å². The lowest BCUT2D eigenvalue weighted by atomic mass is 10.0. The van der Waals surface area contributed by atoms with Crippen molar-refractivity contribution < 1.29 is 4.39 Å². The number of halogens is 1. The average Bonchev–Trinajstić information content (AvgIpc) is 2.16. The van der Waals surface area contributed by atoms with Crippen molar-refractivity contribution >= 4 is 6.08 Å². The van der Waals surface area contributed by atoms with Crippen molar-refractivity contribution in [3.05, 3.63) is 41.2 Å². The van der Waals surface area contributed by atoms with Gasteiger partial charge in [0.05, 0.1) is 0 Å². The lowest BCUT2D eigenvalue weighted by molar-refractivity contribution is 0.617. The first-order chi connectivity index (χ1) is 6.16. The number of aryl methyl sites for hydroxylation is 1. The SMILES string of the molecule is C=Cc1c(C)ccc(F)c1C.CC. The van der Waals surface area contributed by atoms with E-state index in [9.17, 15) is 4.39 Å². The molecule has 1 aromatic rings. The zero-order chi connectivity index (χ0) is 10.4. The van der Waals surface area contributed by atoms with Crippen LogP contribution in [-0.2, 0) is 0 Å². The molecule has 0 atom stereocenters. The van der Waals surface area contributed by atoms with Gasteiger partial charge in [0.1, 0.15) is 5.82 Å². The Labute approximate surface area is 80.1 Å². The van der Waals surface area contributed by atoms with Crippen molar-refractivity contribution in [2.45, 2.75) is 27.7 Å². The van der Waals surface area contributed by atoms with Crippen LogP contribution in [-0.4, -0.2) is 0 Å². The predicted molar refractivity (Wildman–Crippen MR) is 57.3 cm³/mol. The van der Waals surface area contributed by atoms with Crippen LogP contribution in [0.25, 0.3) is 6.08 Å². The molecule has 0 spiro atoms. The summed E-state index contributed by atoms with van der Waals surface area (Å²) in [6.07, 6.45) is 1.69. The molecular weight excluding hydrogens is 163 g/mol.